The Bertz CT molecular complexity index is 1690. The minimum atomic E-state index is -0.683. The number of thiazole rings is 1. The van der Waals surface area contributed by atoms with Gasteiger partial charge >= 0.3 is 4.87 Å². The Hall–Kier alpha value is -3.87. The van der Waals surface area contributed by atoms with Crippen LogP contribution >= 0.6 is 39.0 Å². The van der Waals surface area contributed by atoms with Crippen molar-refractivity contribution in [1.29, 1.82) is 0 Å². The van der Waals surface area contributed by atoms with E-state index < -0.39 is 17.1 Å². The first-order valence-electron chi connectivity index (χ1n) is 12.5. The van der Waals surface area contributed by atoms with Crippen molar-refractivity contribution in [2.75, 3.05) is 23.9 Å². The molecule has 6 rings (SSSR count). The second-order valence-electron chi connectivity index (χ2n) is 9.37. The van der Waals surface area contributed by atoms with Crippen LogP contribution in [0.25, 0.3) is 0 Å². The van der Waals surface area contributed by atoms with Crippen LogP contribution in [0.4, 0.5) is 11.4 Å². The zero-order valence-electron chi connectivity index (χ0n) is 21.5. The maximum Gasteiger partial charge on any atom is 0.305 e. The molecule has 2 unspecified atom stereocenters. The van der Waals surface area contributed by atoms with Crippen molar-refractivity contribution < 1.29 is 23.9 Å². The van der Waals surface area contributed by atoms with Crippen LogP contribution in [0.1, 0.15) is 16.4 Å². The number of ether oxygens (including phenoxy) is 2. The quantitative estimate of drug-likeness (QED) is 0.269. The standard InChI is InChI=1S/C29H22BrN3O6S2/c1-38-19-12-6-17(7-13-19)31-21(34)14-39-20-10-2-15(3-11-20)22-23-25(40-26-24(22)41-29(37)32-26)28(36)33(27(23)35)18-8-4-16(30)5-9-18/h2-13,22-23,25H,14H2,1H3,(H,31,34)(H,32,37)/t22-,23?,25?/m1/s1. The molecule has 1 fully saturated rings. The van der Waals surface area contributed by atoms with Gasteiger partial charge in [0.25, 0.3) is 5.91 Å². The van der Waals surface area contributed by atoms with E-state index in [4.69, 9.17) is 9.47 Å². The van der Waals surface area contributed by atoms with Gasteiger partial charge in [0.15, 0.2) is 6.61 Å². The molecule has 9 nitrogen and oxygen atoms in total. The molecular weight excluding hydrogens is 630 g/mol. The van der Waals surface area contributed by atoms with Gasteiger partial charge in [-0.1, -0.05) is 51.2 Å². The maximum atomic E-state index is 13.8. The molecule has 0 bridgehead atoms. The highest BCUT2D eigenvalue weighted by molar-refractivity contribution is 9.10. The number of anilines is 2. The van der Waals surface area contributed by atoms with Gasteiger partial charge in [-0.25, -0.2) is 4.90 Å². The normalized spacial score (nSPS) is 19.5. The van der Waals surface area contributed by atoms with Crippen LogP contribution in [0.15, 0.2) is 87.1 Å². The van der Waals surface area contributed by atoms with E-state index in [-0.39, 0.29) is 29.2 Å². The SMILES string of the molecule is COc1ccc(NC(=O)COc2ccc([C@H]3c4sc(=O)[nH]c4SC4C(=O)N(c5ccc(Br)cc5)C(=O)C43)cc2)cc1. The fourth-order valence-corrected chi connectivity index (χ4v) is 7.79. The zero-order valence-corrected chi connectivity index (χ0v) is 24.7. The second kappa shape index (κ2) is 11.2. The number of thioether (sulfide) groups is 1. The Labute approximate surface area is 251 Å². The molecule has 3 heterocycles. The number of nitrogens with zero attached hydrogens (tertiary/aromatic N) is 1. The average Bonchev–Trinajstić information content (AvgIpc) is 3.47. The van der Waals surface area contributed by atoms with E-state index in [1.165, 1.54) is 16.7 Å². The van der Waals surface area contributed by atoms with Crippen LogP contribution in [-0.4, -0.2) is 41.7 Å². The fourth-order valence-electron chi connectivity index (χ4n) is 5.01. The monoisotopic (exact) mass is 651 g/mol. The van der Waals surface area contributed by atoms with Crippen molar-refractivity contribution >= 4 is 68.1 Å². The van der Waals surface area contributed by atoms with Gasteiger partial charge in [-0.05, 0) is 66.2 Å². The number of methoxy groups -OCH3 is 1. The van der Waals surface area contributed by atoms with Crippen molar-refractivity contribution in [3.8, 4) is 11.5 Å². The van der Waals surface area contributed by atoms with Gasteiger partial charge in [0.1, 0.15) is 16.7 Å². The summed E-state index contributed by atoms with van der Waals surface area (Å²) in [6.45, 7) is -0.200. The number of H-pyrrole nitrogens is 1. The van der Waals surface area contributed by atoms with E-state index in [2.05, 4.69) is 26.2 Å². The summed E-state index contributed by atoms with van der Waals surface area (Å²) >= 11 is 5.68. The van der Waals surface area contributed by atoms with E-state index in [1.807, 2.05) is 12.1 Å². The lowest BCUT2D eigenvalue weighted by Crippen LogP contribution is -2.32. The molecule has 3 atom stereocenters. The number of amides is 3. The van der Waals surface area contributed by atoms with E-state index in [0.717, 1.165) is 26.3 Å². The summed E-state index contributed by atoms with van der Waals surface area (Å²) in [5, 5.41) is 2.70. The summed E-state index contributed by atoms with van der Waals surface area (Å²) in [5.74, 6) is -0.961. The molecule has 1 aromatic heterocycles. The molecule has 2 aliphatic rings. The molecule has 0 radical (unpaired) electrons. The molecule has 1 saturated heterocycles. The van der Waals surface area contributed by atoms with Gasteiger partial charge < -0.3 is 19.8 Å². The Morgan fingerprint density at radius 2 is 1.63 bits per heavy atom. The molecule has 0 spiro atoms. The second-order valence-corrected chi connectivity index (χ2v) is 12.5. The smallest absolute Gasteiger partial charge is 0.305 e. The topological polar surface area (TPSA) is 118 Å². The summed E-state index contributed by atoms with van der Waals surface area (Å²) in [4.78, 5) is 56.6. The lowest BCUT2D eigenvalue weighted by Gasteiger charge is -2.29. The highest BCUT2D eigenvalue weighted by Crippen LogP contribution is 2.53. The Kier molecular flexibility index (Phi) is 7.45. The lowest BCUT2D eigenvalue weighted by atomic mass is 9.83. The van der Waals surface area contributed by atoms with Crippen LogP contribution < -0.4 is 24.6 Å². The van der Waals surface area contributed by atoms with E-state index >= 15 is 0 Å². The minimum Gasteiger partial charge on any atom is -0.497 e. The van der Waals surface area contributed by atoms with Gasteiger partial charge in [-0.2, -0.15) is 0 Å². The average molecular weight is 653 g/mol. The number of nitrogens with one attached hydrogen (secondary N) is 2. The lowest BCUT2D eigenvalue weighted by molar-refractivity contribution is -0.122. The molecule has 3 amide bonds. The molecule has 41 heavy (non-hydrogen) atoms. The third-order valence-electron chi connectivity index (χ3n) is 6.89. The number of benzene rings is 3. The molecule has 2 aliphatic heterocycles. The van der Waals surface area contributed by atoms with E-state index in [9.17, 15) is 19.2 Å². The van der Waals surface area contributed by atoms with Crippen LogP contribution in [0.2, 0.25) is 0 Å². The number of rotatable bonds is 7. The number of carbonyl (C=O) groups is 3. The first-order valence-corrected chi connectivity index (χ1v) is 15.0. The first kappa shape index (κ1) is 27.3. The van der Waals surface area contributed by atoms with Crippen LogP contribution in [0.5, 0.6) is 11.5 Å². The van der Waals surface area contributed by atoms with Gasteiger partial charge in [-0.3, -0.25) is 19.2 Å². The largest absolute Gasteiger partial charge is 0.497 e. The van der Waals surface area contributed by atoms with Crippen LogP contribution in [-0.2, 0) is 14.4 Å². The Morgan fingerprint density at radius 1 is 0.951 bits per heavy atom. The predicted octanol–water partition coefficient (Wildman–Crippen LogP) is 5.02. The fraction of sp³-hybridized carbons (Fsp3) is 0.172. The zero-order chi connectivity index (χ0) is 28.7. The van der Waals surface area contributed by atoms with Gasteiger partial charge in [-0.15, -0.1) is 0 Å². The summed E-state index contributed by atoms with van der Waals surface area (Å²) in [6, 6.07) is 21.0. The van der Waals surface area contributed by atoms with E-state index in [0.29, 0.717) is 27.9 Å². The van der Waals surface area contributed by atoms with Crippen LogP contribution in [0.3, 0.4) is 0 Å². The third-order valence-corrected chi connectivity index (χ3v) is 9.82. The number of halogens is 1. The van der Waals surface area contributed by atoms with Crippen molar-refractivity contribution in [2.24, 2.45) is 5.92 Å². The van der Waals surface area contributed by atoms with Gasteiger partial charge in [0, 0.05) is 21.0 Å². The molecule has 4 aromatic rings. The van der Waals surface area contributed by atoms with Crippen molar-refractivity contribution in [3.05, 3.63) is 97.4 Å². The summed E-state index contributed by atoms with van der Waals surface area (Å²) in [7, 11) is 1.57. The number of imide groups is 1. The maximum absolute atomic E-state index is 13.8. The summed E-state index contributed by atoms with van der Waals surface area (Å²) < 4.78 is 11.6. The third kappa shape index (κ3) is 5.30. The molecule has 12 heteroatoms. The number of fused-ring (bicyclic) bond motifs is 2. The van der Waals surface area contributed by atoms with Crippen molar-refractivity contribution in [1.82, 2.24) is 4.98 Å². The van der Waals surface area contributed by atoms with Gasteiger partial charge in [0.05, 0.1) is 23.7 Å². The van der Waals surface area contributed by atoms with Crippen LogP contribution in [0, 0.1) is 5.92 Å². The molecule has 0 aliphatic carbocycles. The first-order chi connectivity index (χ1) is 19.8. The minimum absolute atomic E-state index is 0.200. The number of carbonyl (C=O) groups excluding carboxylic acids is 3. The number of aromatic nitrogens is 1. The molecule has 0 saturated carbocycles. The molecule has 3 aromatic carbocycles. The number of aromatic amines is 1. The highest BCUT2D eigenvalue weighted by atomic mass is 79.9. The van der Waals surface area contributed by atoms with Crippen molar-refractivity contribution in [3.63, 3.8) is 0 Å². The van der Waals surface area contributed by atoms with Gasteiger partial charge in [0.2, 0.25) is 11.8 Å². The number of hydrogen-bond donors (Lipinski definition) is 2. The Morgan fingerprint density at radius 3 is 2.32 bits per heavy atom. The highest BCUT2D eigenvalue weighted by Gasteiger charge is 2.56. The summed E-state index contributed by atoms with van der Waals surface area (Å²) in [6.07, 6.45) is 0. The number of hydrogen-bond acceptors (Lipinski definition) is 8. The Balaban J connectivity index is 1.22. The van der Waals surface area contributed by atoms with Crippen molar-refractivity contribution in [2.45, 2.75) is 16.2 Å². The molecule has 208 valence electrons. The molecule has 2 N–H and O–H groups in total. The predicted molar refractivity (Wildman–Crippen MR) is 160 cm³/mol. The summed E-state index contributed by atoms with van der Waals surface area (Å²) in [5.41, 5.74) is 1.89. The van der Waals surface area contributed by atoms with E-state index in [1.54, 1.807) is 67.8 Å². The molecular formula is C29H22BrN3O6S2.